The lowest BCUT2D eigenvalue weighted by Crippen LogP contribution is -2.26. The molecule has 25 heavy (non-hydrogen) atoms. The Labute approximate surface area is 145 Å². The van der Waals surface area contributed by atoms with Crippen molar-refractivity contribution >= 4 is 21.9 Å². The molecule has 0 saturated carbocycles. The summed E-state index contributed by atoms with van der Waals surface area (Å²) in [4.78, 5) is 22.4. The summed E-state index contributed by atoms with van der Waals surface area (Å²) in [6, 6.07) is 12.1. The van der Waals surface area contributed by atoms with Crippen molar-refractivity contribution in [1.29, 1.82) is 0 Å². The number of esters is 1. The van der Waals surface area contributed by atoms with Gasteiger partial charge in [0.1, 0.15) is 0 Å². The molecule has 0 saturated heterocycles. The van der Waals surface area contributed by atoms with Crippen LogP contribution in [-0.2, 0) is 21.2 Å². The molecule has 7 nitrogen and oxygen atoms in total. The van der Waals surface area contributed by atoms with Crippen LogP contribution in [0.1, 0.15) is 26.3 Å². The van der Waals surface area contributed by atoms with Gasteiger partial charge >= 0.3 is 5.97 Å². The van der Waals surface area contributed by atoms with E-state index in [4.69, 9.17) is 5.73 Å². The van der Waals surface area contributed by atoms with Crippen molar-refractivity contribution in [3.63, 3.8) is 0 Å². The van der Waals surface area contributed by atoms with Gasteiger partial charge in [0.25, 0.3) is 0 Å². The van der Waals surface area contributed by atoms with Crippen LogP contribution in [0, 0.1) is 0 Å². The number of rotatable bonds is 7. The molecule has 0 radical (unpaired) electrons. The molecule has 0 bridgehead atoms. The van der Waals surface area contributed by atoms with Crippen LogP contribution in [0.3, 0.4) is 0 Å². The van der Waals surface area contributed by atoms with Gasteiger partial charge in [-0.05, 0) is 48.4 Å². The normalized spacial score (nSPS) is 11.1. The number of hydrogen-bond donors (Lipinski definition) is 2. The lowest BCUT2D eigenvalue weighted by molar-refractivity contribution is 0.0600. The van der Waals surface area contributed by atoms with Gasteiger partial charge in [-0.15, -0.1) is 0 Å². The van der Waals surface area contributed by atoms with Crippen LogP contribution in [0.4, 0.5) is 0 Å². The largest absolute Gasteiger partial charge is 0.465 e. The summed E-state index contributed by atoms with van der Waals surface area (Å²) < 4.78 is 31.5. The van der Waals surface area contributed by atoms with Crippen LogP contribution in [-0.4, -0.2) is 33.9 Å². The molecular weight excluding hydrogens is 344 g/mol. The van der Waals surface area contributed by atoms with E-state index >= 15 is 0 Å². The summed E-state index contributed by atoms with van der Waals surface area (Å²) in [5, 5.41) is 0. The standard InChI is InChI=1S/C17H18N2O5S/c1-24-17(21)14-4-2-12(3-5-14)10-11-19-25(22,23)15-8-6-13(7-9-15)16(18)20/h2-9,19H,10-11H2,1H3,(H2,18,20). The van der Waals surface area contributed by atoms with Gasteiger partial charge in [-0.1, -0.05) is 12.1 Å². The average Bonchev–Trinajstić information content (AvgIpc) is 2.61. The molecule has 0 aromatic heterocycles. The van der Waals surface area contributed by atoms with Gasteiger partial charge in [-0.2, -0.15) is 0 Å². The summed E-state index contributed by atoms with van der Waals surface area (Å²) >= 11 is 0. The van der Waals surface area contributed by atoms with E-state index in [9.17, 15) is 18.0 Å². The van der Waals surface area contributed by atoms with Crippen molar-refractivity contribution in [1.82, 2.24) is 4.72 Å². The molecular formula is C17H18N2O5S. The lowest BCUT2D eigenvalue weighted by atomic mass is 10.1. The SMILES string of the molecule is COC(=O)c1ccc(CCNS(=O)(=O)c2ccc(C(N)=O)cc2)cc1. The third kappa shape index (κ3) is 4.88. The van der Waals surface area contributed by atoms with Crippen LogP contribution in [0.15, 0.2) is 53.4 Å². The zero-order valence-electron chi connectivity index (χ0n) is 13.6. The lowest BCUT2D eigenvalue weighted by Gasteiger charge is -2.08. The Morgan fingerprint density at radius 3 is 2.08 bits per heavy atom. The summed E-state index contributed by atoms with van der Waals surface area (Å²) in [6.07, 6.45) is 0.458. The van der Waals surface area contributed by atoms with Crippen molar-refractivity contribution in [2.24, 2.45) is 5.73 Å². The molecule has 0 aliphatic rings. The highest BCUT2D eigenvalue weighted by atomic mass is 32.2. The summed E-state index contributed by atoms with van der Waals surface area (Å²) in [6.45, 7) is 0.192. The molecule has 0 unspecified atom stereocenters. The van der Waals surface area contributed by atoms with Gasteiger partial charge in [-0.3, -0.25) is 4.79 Å². The average molecular weight is 362 g/mol. The van der Waals surface area contributed by atoms with Crippen LogP contribution < -0.4 is 10.5 Å². The molecule has 2 aromatic rings. The number of nitrogens with two attached hydrogens (primary N) is 1. The Balaban J connectivity index is 1.95. The number of nitrogens with one attached hydrogen (secondary N) is 1. The van der Waals surface area contributed by atoms with E-state index in [2.05, 4.69) is 9.46 Å². The van der Waals surface area contributed by atoms with Crippen LogP contribution in [0.5, 0.6) is 0 Å². The van der Waals surface area contributed by atoms with Gasteiger partial charge in [-0.25, -0.2) is 17.9 Å². The number of methoxy groups -OCH3 is 1. The Morgan fingerprint density at radius 1 is 1.00 bits per heavy atom. The summed E-state index contributed by atoms with van der Waals surface area (Å²) in [5.41, 5.74) is 6.67. The van der Waals surface area contributed by atoms with Crippen LogP contribution in [0.2, 0.25) is 0 Å². The fourth-order valence-corrected chi connectivity index (χ4v) is 3.17. The summed E-state index contributed by atoms with van der Waals surface area (Å²) in [5.74, 6) is -1.04. The first kappa shape index (κ1) is 18.6. The van der Waals surface area contributed by atoms with Crippen LogP contribution in [0.25, 0.3) is 0 Å². The van der Waals surface area contributed by atoms with E-state index in [0.29, 0.717) is 12.0 Å². The maximum Gasteiger partial charge on any atom is 0.337 e. The molecule has 0 fully saturated rings. The van der Waals surface area contributed by atoms with Crippen molar-refractivity contribution in [2.75, 3.05) is 13.7 Å². The second-order valence-corrected chi connectivity index (χ2v) is 6.99. The van der Waals surface area contributed by atoms with E-state index in [1.165, 1.54) is 31.4 Å². The fourth-order valence-electron chi connectivity index (χ4n) is 2.14. The monoisotopic (exact) mass is 362 g/mol. The Bertz CT molecular complexity index is 859. The third-order valence-electron chi connectivity index (χ3n) is 3.53. The maximum absolute atomic E-state index is 12.2. The second-order valence-electron chi connectivity index (χ2n) is 5.22. The van der Waals surface area contributed by atoms with E-state index in [1.54, 1.807) is 24.3 Å². The Kier molecular flexibility index (Phi) is 5.89. The number of benzene rings is 2. The zero-order valence-corrected chi connectivity index (χ0v) is 14.4. The highest BCUT2D eigenvalue weighted by molar-refractivity contribution is 7.89. The number of ether oxygens (including phenoxy) is 1. The predicted molar refractivity (Wildman–Crippen MR) is 91.6 cm³/mol. The van der Waals surface area contributed by atoms with Gasteiger partial charge in [0, 0.05) is 12.1 Å². The van der Waals surface area contributed by atoms with Crippen molar-refractivity contribution in [3.05, 3.63) is 65.2 Å². The van der Waals surface area contributed by atoms with Gasteiger partial charge in [0.05, 0.1) is 17.6 Å². The second kappa shape index (κ2) is 7.91. The third-order valence-corrected chi connectivity index (χ3v) is 5.01. The highest BCUT2D eigenvalue weighted by Crippen LogP contribution is 2.11. The van der Waals surface area contributed by atoms with E-state index in [1.807, 2.05) is 0 Å². The van der Waals surface area contributed by atoms with Gasteiger partial charge in [0.2, 0.25) is 15.9 Å². The van der Waals surface area contributed by atoms with Gasteiger partial charge < -0.3 is 10.5 Å². The molecule has 3 N–H and O–H groups in total. The predicted octanol–water partition coefficient (Wildman–Crippen LogP) is 1.09. The molecule has 0 atom stereocenters. The molecule has 1 amide bonds. The first-order valence-electron chi connectivity index (χ1n) is 7.40. The number of hydrogen-bond acceptors (Lipinski definition) is 5. The number of carbonyl (C=O) groups is 2. The zero-order chi connectivity index (χ0) is 18.4. The van der Waals surface area contributed by atoms with Crippen molar-refractivity contribution in [3.8, 4) is 0 Å². The number of carbonyl (C=O) groups excluding carboxylic acids is 2. The topological polar surface area (TPSA) is 116 Å². The molecule has 2 rings (SSSR count). The molecule has 0 aliphatic heterocycles. The first-order chi connectivity index (χ1) is 11.8. The van der Waals surface area contributed by atoms with E-state index in [-0.39, 0.29) is 17.0 Å². The van der Waals surface area contributed by atoms with Crippen molar-refractivity contribution in [2.45, 2.75) is 11.3 Å². The number of amides is 1. The molecule has 132 valence electrons. The Hall–Kier alpha value is -2.71. The maximum atomic E-state index is 12.2. The quantitative estimate of drug-likeness (QED) is 0.716. The summed E-state index contributed by atoms with van der Waals surface area (Å²) in [7, 11) is -2.37. The highest BCUT2D eigenvalue weighted by Gasteiger charge is 2.14. The molecule has 0 heterocycles. The number of primary amides is 1. The first-order valence-corrected chi connectivity index (χ1v) is 8.88. The minimum atomic E-state index is -3.67. The minimum Gasteiger partial charge on any atom is -0.465 e. The van der Waals surface area contributed by atoms with E-state index in [0.717, 1.165) is 5.56 Å². The molecule has 8 heteroatoms. The fraction of sp³-hybridized carbons (Fsp3) is 0.176. The van der Waals surface area contributed by atoms with Crippen molar-refractivity contribution < 1.29 is 22.7 Å². The smallest absolute Gasteiger partial charge is 0.337 e. The molecule has 0 spiro atoms. The molecule has 2 aromatic carbocycles. The molecule has 0 aliphatic carbocycles. The van der Waals surface area contributed by atoms with Crippen LogP contribution >= 0.6 is 0 Å². The Morgan fingerprint density at radius 2 is 1.56 bits per heavy atom. The number of sulfonamides is 1. The minimum absolute atomic E-state index is 0.0542. The van der Waals surface area contributed by atoms with Gasteiger partial charge in [0.15, 0.2) is 0 Å². The van der Waals surface area contributed by atoms with E-state index < -0.39 is 21.9 Å².